The van der Waals surface area contributed by atoms with Gasteiger partial charge in [-0.1, -0.05) is 0 Å². The first-order chi connectivity index (χ1) is 15.4. The van der Waals surface area contributed by atoms with Gasteiger partial charge in [0.05, 0.1) is 6.04 Å². The van der Waals surface area contributed by atoms with E-state index in [1.807, 2.05) is 0 Å². The molecule has 0 heterocycles. The summed E-state index contributed by atoms with van der Waals surface area (Å²) < 4.78 is 0. The van der Waals surface area contributed by atoms with Crippen molar-refractivity contribution < 1.29 is 34.2 Å². The predicted octanol–water partition coefficient (Wildman–Crippen LogP) is -3.37. The predicted molar refractivity (Wildman–Crippen MR) is 126 cm³/mol. The molecule has 0 saturated carbocycles. The highest BCUT2D eigenvalue weighted by Crippen LogP contribution is 2.03. The molecule has 0 fully saturated rings. The lowest BCUT2D eigenvalue weighted by molar-refractivity contribution is -0.142. The van der Waals surface area contributed by atoms with Gasteiger partial charge in [-0.2, -0.15) is 25.3 Å². The summed E-state index contributed by atoms with van der Waals surface area (Å²) in [5.41, 5.74) is 16.2. The molecule has 0 aromatic rings. The number of nitrogens with one attached hydrogen (secondary N) is 3. The SMILES string of the molecule is NC(N)=NCCCC(N)C(=O)NC(CS)C(=O)NC(CCC(=O)O)C(=O)NC(CS)C(=O)O. The molecule has 4 unspecified atom stereocenters. The number of hydrogen-bond donors (Lipinski definition) is 10. The van der Waals surface area contributed by atoms with E-state index in [-0.39, 0.29) is 36.9 Å². The van der Waals surface area contributed by atoms with Crippen LogP contribution in [-0.4, -0.2) is 88.1 Å². The minimum atomic E-state index is -1.37. The third-order valence-corrected chi connectivity index (χ3v) is 4.93. The topological polar surface area (TPSA) is 252 Å². The standard InChI is InChI=1S/C17H31N7O7S2/c18-8(2-1-5-21-17(19)20)13(27)23-10(6-32)15(29)22-9(3-4-12(25)26)14(28)24-11(7-33)16(30)31/h8-11,32-33H,1-7,18H2,(H,22,29)(H,23,27)(H,24,28)(H,25,26)(H,30,31)(H4,19,20,21). The molecule has 0 rings (SSSR count). The Morgan fingerprint density at radius 1 is 0.818 bits per heavy atom. The van der Waals surface area contributed by atoms with Crippen LogP contribution in [0.1, 0.15) is 25.7 Å². The first-order valence-electron chi connectivity index (χ1n) is 9.81. The average Bonchev–Trinajstić information content (AvgIpc) is 2.74. The molecule has 0 aliphatic rings. The first kappa shape index (κ1) is 30.3. The Hall–Kier alpha value is -2.72. The maximum Gasteiger partial charge on any atom is 0.327 e. The molecular weight excluding hydrogens is 478 g/mol. The Morgan fingerprint density at radius 3 is 1.82 bits per heavy atom. The lowest BCUT2D eigenvalue weighted by Gasteiger charge is -2.24. The van der Waals surface area contributed by atoms with E-state index in [0.717, 1.165) is 0 Å². The smallest absolute Gasteiger partial charge is 0.327 e. The van der Waals surface area contributed by atoms with Crippen molar-refractivity contribution in [2.45, 2.75) is 49.9 Å². The number of carboxylic acids is 2. The molecule has 33 heavy (non-hydrogen) atoms. The number of aliphatic carboxylic acids is 2. The lowest BCUT2D eigenvalue weighted by Crippen LogP contribution is -2.57. The summed E-state index contributed by atoms with van der Waals surface area (Å²) >= 11 is 7.85. The number of amides is 3. The third-order valence-electron chi connectivity index (χ3n) is 4.20. The maximum atomic E-state index is 12.6. The number of carbonyl (C=O) groups is 5. The van der Waals surface area contributed by atoms with Crippen LogP contribution in [0.2, 0.25) is 0 Å². The molecule has 0 aromatic carbocycles. The fourth-order valence-electron chi connectivity index (χ4n) is 2.39. The number of carboxylic acid groups (broad SMARTS) is 2. The second-order valence-electron chi connectivity index (χ2n) is 6.87. The van der Waals surface area contributed by atoms with Gasteiger partial charge in [0.1, 0.15) is 18.1 Å². The Morgan fingerprint density at radius 2 is 1.33 bits per heavy atom. The molecule has 0 saturated heterocycles. The summed E-state index contributed by atoms with van der Waals surface area (Å²) in [6.07, 6.45) is -0.149. The summed E-state index contributed by atoms with van der Waals surface area (Å²) in [7, 11) is 0. The molecular formula is C17H31N7O7S2. The van der Waals surface area contributed by atoms with Gasteiger partial charge in [-0.15, -0.1) is 0 Å². The quantitative estimate of drug-likeness (QED) is 0.0427. The molecule has 0 radical (unpaired) electrons. The van der Waals surface area contributed by atoms with Crippen molar-refractivity contribution in [2.75, 3.05) is 18.1 Å². The van der Waals surface area contributed by atoms with Crippen LogP contribution in [0.3, 0.4) is 0 Å². The molecule has 11 N–H and O–H groups in total. The van der Waals surface area contributed by atoms with Gasteiger partial charge >= 0.3 is 11.9 Å². The molecule has 0 aliphatic heterocycles. The second kappa shape index (κ2) is 16.0. The van der Waals surface area contributed by atoms with Crippen LogP contribution in [0, 0.1) is 0 Å². The van der Waals surface area contributed by atoms with Gasteiger partial charge in [0.2, 0.25) is 17.7 Å². The van der Waals surface area contributed by atoms with Crippen molar-refractivity contribution >= 4 is 60.9 Å². The van der Waals surface area contributed by atoms with Crippen molar-refractivity contribution in [3.8, 4) is 0 Å². The third kappa shape index (κ3) is 12.8. The van der Waals surface area contributed by atoms with Crippen molar-refractivity contribution in [1.82, 2.24) is 16.0 Å². The fourth-order valence-corrected chi connectivity index (χ4v) is 2.89. The Kier molecular flexibility index (Phi) is 14.7. The molecule has 0 aromatic heterocycles. The van der Waals surface area contributed by atoms with Gasteiger partial charge in [0, 0.05) is 24.5 Å². The van der Waals surface area contributed by atoms with E-state index >= 15 is 0 Å². The maximum absolute atomic E-state index is 12.6. The number of nitrogens with zero attached hydrogens (tertiary/aromatic N) is 1. The zero-order chi connectivity index (χ0) is 25.6. The Labute approximate surface area is 201 Å². The van der Waals surface area contributed by atoms with Gasteiger partial charge in [0.15, 0.2) is 5.96 Å². The van der Waals surface area contributed by atoms with E-state index < -0.39 is 60.2 Å². The normalized spacial score (nSPS) is 14.2. The van der Waals surface area contributed by atoms with E-state index in [1.165, 1.54) is 0 Å². The van der Waals surface area contributed by atoms with E-state index in [9.17, 15) is 24.0 Å². The van der Waals surface area contributed by atoms with E-state index in [4.69, 9.17) is 27.4 Å². The highest BCUT2D eigenvalue weighted by molar-refractivity contribution is 7.80. The molecule has 3 amide bonds. The van der Waals surface area contributed by atoms with Gasteiger partial charge in [-0.05, 0) is 19.3 Å². The van der Waals surface area contributed by atoms with E-state index in [1.54, 1.807) is 0 Å². The Bertz CT molecular complexity index is 735. The van der Waals surface area contributed by atoms with E-state index in [2.05, 4.69) is 46.2 Å². The average molecular weight is 510 g/mol. The van der Waals surface area contributed by atoms with Crippen LogP contribution in [0.15, 0.2) is 4.99 Å². The zero-order valence-corrected chi connectivity index (χ0v) is 19.6. The monoisotopic (exact) mass is 509 g/mol. The van der Waals surface area contributed by atoms with Crippen LogP contribution < -0.4 is 33.2 Å². The van der Waals surface area contributed by atoms with Gasteiger partial charge in [0.25, 0.3) is 0 Å². The molecule has 0 spiro atoms. The Balaban J connectivity index is 5.10. The lowest BCUT2D eigenvalue weighted by atomic mass is 10.1. The highest BCUT2D eigenvalue weighted by Gasteiger charge is 2.29. The second-order valence-corrected chi connectivity index (χ2v) is 7.60. The van der Waals surface area contributed by atoms with Crippen LogP contribution in [-0.2, 0) is 24.0 Å². The summed E-state index contributed by atoms with van der Waals surface area (Å²) in [5, 5.41) is 24.8. The van der Waals surface area contributed by atoms with Gasteiger partial charge in [-0.25, -0.2) is 4.79 Å². The summed E-state index contributed by atoms with van der Waals surface area (Å²) in [5.74, 6) is -5.43. The minimum Gasteiger partial charge on any atom is -0.481 e. The molecule has 4 atom stereocenters. The summed E-state index contributed by atoms with van der Waals surface area (Å²) in [6, 6.07) is -4.87. The van der Waals surface area contributed by atoms with Crippen LogP contribution in [0.25, 0.3) is 0 Å². The molecule has 14 nitrogen and oxygen atoms in total. The summed E-state index contributed by atoms with van der Waals surface area (Å²) in [4.78, 5) is 63.1. The van der Waals surface area contributed by atoms with Crippen LogP contribution in [0.4, 0.5) is 0 Å². The van der Waals surface area contributed by atoms with Crippen molar-refractivity contribution in [2.24, 2.45) is 22.2 Å². The first-order valence-corrected chi connectivity index (χ1v) is 11.1. The van der Waals surface area contributed by atoms with Crippen molar-refractivity contribution in [1.29, 1.82) is 0 Å². The van der Waals surface area contributed by atoms with Gasteiger partial charge < -0.3 is 43.4 Å². The molecule has 188 valence electrons. The number of nitrogens with two attached hydrogens (primary N) is 3. The molecule has 0 aliphatic carbocycles. The molecule has 0 bridgehead atoms. The summed E-state index contributed by atoms with van der Waals surface area (Å²) in [6.45, 7) is 0.268. The number of rotatable bonds is 16. The number of carbonyl (C=O) groups excluding carboxylic acids is 3. The highest BCUT2D eigenvalue weighted by atomic mass is 32.1. The minimum absolute atomic E-state index is 0.0923. The zero-order valence-electron chi connectivity index (χ0n) is 17.8. The number of thiol groups is 2. The number of aliphatic imine (C=N–C) groups is 1. The van der Waals surface area contributed by atoms with Gasteiger partial charge in [-0.3, -0.25) is 24.2 Å². The van der Waals surface area contributed by atoms with Crippen LogP contribution >= 0.6 is 25.3 Å². The number of guanidine groups is 1. The molecule has 16 heteroatoms. The number of hydrogen-bond acceptors (Lipinski definition) is 9. The van der Waals surface area contributed by atoms with Crippen molar-refractivity contribution in [3.63, 3.8) is 0 Å². The largest absolute Gasteiger partial charge is 0.481 e. The van der Waals surface area contributed by atoms with E-state index in [0.29, 0.717) is 6.42 Å². The van der Waals surface area contributed by atoms with Crippen molar-refractivity contribution in [3.05, 3.63) is 0 Å². The fraction of sp³-hybridized carbons (Fsp3) is 0.647. The van der Waals surface area contributed by atoms with Crippen LogP contribution in [0.5, 0.6) is 0 Å².